The molecule has 1 aromatic carbocycles. The molecule has 3 rings (SSSR count). The van der Waals surface area contributed by atoms with Crippen LogP contribution in [0, 0.1) is 0 Å². The summed E-state index contributed by atoms with van der Waals surface area (Å²) in [6.07, 6.45) is 3.05. The summed E-state index contributed by atoms with van der Waals surface area (Å²) in [5.41, 5.74) is 8.18. The van der Waals surface area contributed by atoms with E-state index >= 15 is 0 Å². The van der Waals surface area contributed by atoms with Gasteiger partial charge in [-0.05, 0) is 48.2 Å². The van der Waals surface area contributed by atoms with Crippen molar-refractivity contribution in [2.24, 2.45) is 5.73 Å². The Labute approximate surface area is 121 Å². The van der Waals surface area contributed by atoms with Gasteiger partial charge in [0.25, 0.3) is 0 Å². The van der Waals surface area contributed by atoms with Crippen molar-refractivity contribution in [3.8, 4) is 0 Å². The molecular weight excluding hydrogens is 276 g/mol. The van der Waals surface area contributed by atoms with Crippen LogP contribution < -0.4 is 5.73 Å². The van der Waals surface area contributed by atoms with Gasteiger partial charge in [-0.2, -0.15) is 0 Å². The van der Waals surface area contributed by atoms with E-state index < -0.39 is 0 Å². The second kappa shape index (κ2) is 5.37. The first-order valence-corrected chi connectivity index (χ1v) is 7.48. The fourth-order valence-corrected chi connectivity index (χ4v) is 3.38. The van der Waals surface area contributed by atoms with E-state index in [1.807, 2.05) is 6.07 Å². The maximum absolute atomic E-state index is 5.98. The van der Waals surface area contributed by atoms with Crippen LogP contribution in [0.25, 0.3) is 10.9 Å². The number of thiophene rings is 1. The molecular formula is C15H15ClN2S. The standard InChI is InChI=1S/C15H15ClN2S/c16-15-4-3-13(19-15)10-18-8-6-12-2-1-11(5-7-17)9-14(12)18/h1-4,6,8-9H,5,7,10,17H2. The lowest BCUT2D eigenvalue weighted by atomic mass is 10.1. The first-order valence-electron chi connectivity index (χ1n) is 6.28. The van der Waals surface area contributed by atoms with Gasteiger partial charge >= 0.3 is 0 Å². The maximum Gasteiger partial charge on any atom is 0.0931 e. The molecule has 0 radical (unpaired) electrons. The Bertz CT molecular complexity index is 699. The van der Waals surface area contributed by atoms with Gasteiger partial charge in [0, 0.05) is 16.6 Å². The lowest BCUT2D eigenvalue weighted by Crippen LogP contribution is -2.03. The number of rotatable bonds is 4. The van der Waals surface area contributed by atoms with Crippen molar-refractivity contribution >= 4 is 33.8 Å². The van der Waals surface area contributed by atoms with E-state index in [1.54, 1.807) is 11.3 Å². The van der Waals surface area contributed by atoms with Gasteiger partial charge in [0.2, 0.25) is 0 Å². The molecule has 0 aliphatic carbocycles. The van der Waals surface area contributed by atoms with Crippen LogP contribution in [0.1, 0.15) is 10.4 Å². The van der Waals surface area contributed by atoms with Crippen LogP contribution in [0.5, 0.6) is 0 Å². The van der Waals surface area contributed by atoms with Crippen molar-refractivity contribution in [1.29, 1.82) is 0 Å². The quantitative estimate of drug-likeness (QED) is 0.776. The summed E-state index contributed by atoms with van der Waals surface area (Å²) in [5, 5.41) is 1.27. The number of nitrogens with two attached hydrogens (primary N) is 1. The Morgan fingerprint density at radius 3 is 2.79 bits per heavy atom. The van der Waals surface area contributed by atoms with Crippen LogP contribution in [0.3, 0.4) is 0 Å². The number of benzene rings is 1. The third kappa shape index (κ3) is 2.68. The van der Waals surface area contributed by atoms with Crippen LogP contribution in [-0.2, 0) is 13.0 Å². The third-order valence-corrected chi connectivity index (χ3v) is 4.44. The molecule has 0 spiro atoms. The van der Waals surface area contributed by atoms with Gasteiger partial charge in [0.15, 0.2) is 0 Å². The minimum atomic E-state index is 0.687. The molecule has 2 heterocycles. The molecule has 2 N–H and O–H groups in total. The summed E-state index contributed by atoms with van der Waals surface area (Å²) >= 11 is 7.61. The van der Waals surface area contributed by atoms with Crippen LogP contribution in [0.4, 0.5) is 0 Å². The first kappa shape index (κ1) is 12.7. The molecule has 0 aliphatic rings. The van der Waals surface area contributed by atoms with Gasteiger partial charge < -0.3 is 10.3 Å². The molecule has 0 amide bonds. The van der Waals surface area contributed by atoms with Crippen LogP contribution in [-0.4, -0.2) is 11.1 Å². The zero-order chi connectivity index (χ0) is 13.2. The van der Waals surface area contributed by atoms with Gasteiger partial charge in [0.05, 0.1) is 10.9 Å². The van der Waals surface area contributed by atoms with E-state index in [2.05, 4.69) is 41.1 Å². The van der Waals surface area contributed by atoms with Crippen molar-refractivity contribution in [2.45, 2.75) is 13.0 Å². The monoisotopic (exact) mass is 290 g/mol. The Hall–Kier alpha value is -1.29. The molecule has 2 nitrogen and oxygen atoms in total. The molecule has 0 atom stereocenters. The zero-order valence-electron chi connectivity index (χ0n) is 10.5. The molecule has 0 fully saturated rings. The van der Waals surface area contributed by atoms with Crippen molar-refractivity contribution < 1.29 is 0 Å². The highest BCUT2D eigenvalue weighted by atomic mass is 35.5. The SMILES string of the molecule is NCCc1ccc2ccn(Cc3ccc(Cl)s3)c2c1. The number of hydrogen-bond donors (Lipinski definition) is 1. The summed E-state index contributed by atoms with van der Waals surface area (Å²) in [4.78, 5) is 1.27. The molecule has 0 aliphatic heterocycles. The van der Waals surface area contributed by atoms with Crippen molar-refractivity contribution in [1.82, 2.24) is 4.57 Å². The fourth-order valence-electron chi connectivity index (χ4n) is 2.29. The molecule has 0 bridgehead atoms. The van der Waals surface area contributed by atoms with E-state index in [-0.39, 0.29) is 0 Å². The summed E-state index contributed by atoms with van der Waals surface area (Å²) < 4.78 is 3.10. The van der Waals surface area contributed by atoms with E-state index in [0.717, 1.165) is 17.3 Å². The molecule has 2 aromatic heterocycles. The van der Waals surface area contributed by atoms with Crippen LogP contribution >= 0.6 is 22.9 Å². The van der Waals surface area contributed by atoms with Gasteiger partial charge in [-0.15, -0.1) is 11.3 Å². The van der Waals surface area contributed by atoms with Crippen LogP contribution in [0.2, 0.25) is 4.34 Å². The van der Waals surface area contributed by atoms with Gasteiger partial charge in [-0.3, -0.25) is 0 Å². The predicted octanol–water partition coefficient (Wildman–Crippen LogP) is 3.91. The average Bonchev–Trinajstić information content (AvgIpc) is 2.98. The van der Waals surface area contributed by atoms with E-state index in [1.165, 1.54) is 21.3 Å². The molecule has 19 heavy (non-hydrogen) atoms. The smallest absolute Gasteiger partial charge is 0.0931 e. The highest BCUT2D eigenvalue weighted by Gasteiger charge is 2.05. The van der Waals surface area contributed by atoms with E-state index in [0.29, 0.717) is 6.54 Å². The van der Waals surface area contributed by atoms with Crippen molar-refractivity contribution in [3.63, 3.8) is 0 Å². The lowest BCUT2D eigenvalue weighted by Gasteiger charge is -2.05. The molecule has 0 saturated carbocycles. The highest BCUT2D eigenvalue weighted by Crippen LogP contribution is 2.24. The minimum absolute atomic E-state index is 0.687. The zero-order valence-corrected chi connectivity index (χ0v) is 12.0. The van der Waals surface area contributed by atoms with E-state index in [4.69, 9.17) is 17.3 Å². The number of hydrogen-bond acceptors (Lipinski definition) is 2. The predicted molar refractivity (Wildman–Crippen MR) is 83.1 cm³/mol. The normalized spacial score (nSPS) is 11.3. The fraction of sp³-hybridized carbons (Fsp3) is 0.200. The van der Waals surface area contributed by atoms with Gasteiger partial charge in [0.1, 0.15) is 0 Å². The maximum atomic E-state index is 5.98. The Morgan fingerprint density at radius 1 is 1.16 bits per heavy atom. The first-order chi connectivity index (χ1) is 9.26. The minimum Gasteiger partial charge on any atom is -0.342 e. The van der Waals surface area contributed by atoms with Gasteiger partial charge in [-0.25, -0.2) is 0 Å². The average molecular weight is 291 g/mol. The molecule has 0 saturated heterocycles. The number of aromatic nitrogens is 1. The van der Waals surface area contributed by atoms with Crippen LogP contribution in [0.15, 0.2) is 42.6 Å². The Balaban J connectivity index is 1.96. The summed E-state index contributed by atoms with van der Waals surface area (Å²) in [6.45, 7) is 1.56. The van der Waals surface area contributed by atoms with Crippen molar-refractivity contribution in [3.05, 3.63) is 57.4 Å². The third-order valence-electron chi connectivity index (χ3n) is 3.23. The lowest BCUT2D eigenvalue weighted by molar-refractivity contribution is 0.850. The summed E-state index contributed by atoms with van der Waals surface area (Å²) in [6, 6.07) is 12.7. The Morgan fingerprint density at radius 2 is 2.05 bits per heavy atom. The highest BCUT2D eigenvalue weighted by molar-refractivity contribution is 7.16. The number of halogens is 1. The summed E-state index contributed by atoms with van der Waals surface area (Å²) in [7, 11) is 0. The van der Waals surface area contributed by atoms with E-state index in [9.17, 15) is 0 Å². The number of nitrogens with zero attached hydrogens (tertiary/aromatic N) is 1. The molecule has 98 valence electrons. The summed E-state index contributed by atoms with van der Waals surface area (Å²) in [5.74, 6) is 0. The second-order valence-electron chi connectivity index (χ2n) is 4.58. The largest absolute Gasteiger partial charge is 0.342 e. The molecule has 0 unspecified atom stereocenters. The molecule has 3 aromatic rings. The second-order valence-corrected chi connectivity index (χ2v) is 6.38. The van der Waals surface area contributed by atoms with Gasteiger partial charge in [-0.1, -0.05) is 23.7 Å². The number of fused-ring (bicyclic) bond motifs is 1. The van der Waals surface area contributed by atoms with Crippen molar-refractivity contribution in [2.75, 3.05) is 6.54 Å². The topological polar surface area (TPSA) is 30.9 Å². The molecule has 4 heteroatoms. The Kier molecular flexibility index (Phi) is 3.60.